The molecule has 0 fully saturated rings. The fourth-order valence-electron chi connectivity index (χ4n) is 1.53. The van der Waals surface area contributed by atoms with Gasteiger partial charge in [0.25, 0.3) is 5.91 Å². The fraction of sp³-hybridized carbons (Fsp3) is 0.286. The van der Waals surface area contributed by atoms with Crippen LogP contribution in [0.15, 0.2) is 24.3 Å². The number of carboxylic acids is 1. The molecule has 0 unspecified atom stereocenters. The Labute approximate surface area is 117 Å². The van der Waals surface area contributed by atoms with Gasteiger partial charge in [0, 0.05) is 18.2 Å². The maximum absolute atomic E-state index is 11.4. The minimum atomic E-state index is -1.07. The average molecular weight is 279 g/mol. The SMILES string of the molecule is CCNC(=O)COc1c(/C=C/C(=O)O)cccc1OC. The third-order valence-corrected chi connectivity index (χ3v) is 2.36. The van der Waals surface area contributed by atoms with Gasteiger partial charge in [0.05, 0.1) is 7.11 Å². The number of aliphatic carboxylic acids is 1. The average Bonchev–Trinajstić information content (AvgIpc) is 2.43. The molecule has 0 atom stereocenters. The molecule has 1 aromatic carbocycles. The van der Waals surface area contributed by atoms with E-state index in [9.17, 15) is 9.59 Å². The minimum Gasteiger partial charge on any atom is -0.493 e. The van der Waals surface area contributed by atoms with Crippen molar-refractivity contribution >= 4 is 18.0 Å². The minimum absolute atomic E-state index is 0.165. The highest BCUT2D eigenvalue weighted by Crippen LogP contribution is 2.31. The lowest BCUT2D eigenvalue weighted by Crippen LogP contribution is -2.28. The molecule has 0 bridgehead atoms. The molecule has 0 aliphatic heterocycles. The summed E-state index contributed by atoms with van der Waals surface area (Å²) in [5, 5.41) is 11.3. The lowest BCUT2D eigenvalue weighted by molar-refractivity contribution is -0.131. The van der Waals surface area contributed by atoms with E-state index < -0.39 is 5.97 Å². The van der Waals surface area contributed by atoms with E-state index in [1.54, 1.807) is 18.2 Å². The second-order valence-electron chi connectivity index (χ2n) is 3.79. The number of ether oxygens (including phenoxy) is 2. The van der Waals surface area contributed by atoms with E-state index in [1.165, 1.54) is 13.2 Å². The zero-order valence-corrected chi connectivity index (χ0v) is 11.4. The van der Waals surface area contributed by atoms with Crippen LogP contribution in [0.3, 0.4) is 0 Å². The number of benzene rings is 1. The number of methoxy groups -OCH3 is 1. The lowest BCUT2D eigenvalue weighted by atomic mass is 10.1. The van der Waals surface area contributed by atoms with Gasteiger partial charge < -0.3 is 19.9 Å². The molecule has 0 radical (unpaired) electrons. The Hall–Kier alpha value is -2.50. The number of para-hydroxylation sites is 1. The van der Waals surface area contributed by atoms with Crippen molar-refractivity contribution in [3.63, 3.8) is 0 Å². The van der Waals surface area contributed by atoms with Gasteiger partial charge in [-0.3, -0.25) is 4.79 Å². The number of carbonyl (C=O) groups is 2. The van der Waals surface area contributed by atoms with Gasteiger partial charge in [0.1, 0.15) is 0 Å². The van der Waals surface area contributed by atoms with Crippen LogP contribution < -0.4 is 14.8 Å². The summed E-state index contributed by atoms with van der Waals surface area (Å²) in [7, 11) is 1.47. The Kier molecular flexibility index (Phi) is 6.09. The van der Waals surface area contributed by atoms with Gasteiger partial charge >= 0.3 is 5.97 Å². The van der Waals surface area contributed by atoms with Crippen LogP contribution in [0.25, 0.3) is 6.08 Å². The Morgan fingerprint density at radius 3 is 2.75 bits per heavy atom. The number of carbonyl (C=O) groups excluding carboxylic acids is 1. The highest BCUT2D eigenvalue weighted by Gasteiger charge is 2.11. The molecule has 108 valence electrons. The molecule has 0 aliphatic carbocycles. The highest BCUT2D eigenvalue weighted by atomic mass is 16.5. The summed E-state index contributed by atoms with van der Waals surface area (Å²) >= 11 is 0. The molecule has 1 amide bonds. The van der Waals surface area contributed by atoms with Gasteiger partial charge in [-0.25, -0.2) is 4.79 Å². The van der Waals surface area contributed by atoms with Crippen molar-refractivity contribution in [2.24, 2.45) is 0 Å². The largest absolute Gasteiger partial charge is 0.493 e. The normalized spacial score (nSPS) is 10.3. The van der Waals surface area contributed by atoms with Crippen LogP contribution in [-0.2, 0) is 9.59 Å². The van der Waals surface area contributed by atoms with Gasteiger partial charge in [0.2, 0.25) is 0 Å². The third-order valence-electron chi connectivity index (χ3n) is 2.36. The van der Waals surface area contributed by atoms with Gasteiger partial charge in [0.15, 0.2) is 18.1 Å². The number of nitrogens with one attached hydrogen (secondary N) is 1. The summed E-state index contributed by atoms with van der Waals surface area (Å²) in [4.78, 5) is 22.0. The first-order valence-electron chi connectivity index (χ1n) is 6.06. The zero-order valence-electron chi connectivity index (χ0n) is 11.4. The van der Waals surface area contributed by atoms with E-state index in [0.717, 1.165) is 6.08 Å². The highest BCUT2D eigenvalue weighted by molar-refractivity contribution is 5.86. The summed E-state index contributed by atoms with van der Waals surface area (Å²) in [6, 6.07) is 5.06. The van der Waals surface area contributed by atoms with Crippen LogP contribution in [0.5, 0.6) is 11.5 Å². The molecule has 0 aromatic heterocycles. The van der Waals surface area contributed by atoms with E-state index >= 15 is 0 Å². The van der Waals surface area contributed by atoms with Crippen molar-refractivity contribution in [3.8, 4) is 11.5 Å². The smallest absolute Gasteiger partial charge is 0.328 e. The summed E-state index contributed by atoms with van der Waals surface area (Å²) in [5.41, 5.74) is 0.524. The van der Waals surface area contributed by atoms with Crippen LogP contribution in [0.4, 0.5) is 0 Å². The van der Waals surface area contributed by atoms with E-state index in [4.69, 9.17) is 14.6 Å². The number of likely N-dealkylation sites (N-methyl/N-ethyl adjacent to an activating group) is 1. The van der Waals surface area contributed by atoms with Crippen LogP contribution in [-0.4, -0.2) is 37.2 Å². The fourth-order valence-corrected chi connectivity index (χ4v) is 1.53. The Morgan fingerprint density at radius 2 is 2.15 bits per heavy atom. The molecule has 0 saturated carbocycles. The van der Waals surface area contributed by atoms with Crippen LogP contribution >= 0.6 is 0 Å². The molecule has 1 aromatic rings. The van der Waals surface area contributed by atoms with Crippen molar-refractivity contribution in [2.45, 2.75) is 6.92 Å². The Morgan fingerprint density at radius 1 is 1.40 bits per heavy atom. The van der Waals surface area contributed by atoms with Crippen molar-refractivity contribution in [2.75, 3.05) is 20.3 Å². The van der Waals surface area contributed by atoms with E-state index in [1.807, 2.05) is 6.92 Å². The second kappa shape index (κ2) is 7.83. The summed E-state index contributed by atoms with van der Waals surface area (Å²) < 4.78 is 10.6. The first kappa shape index (κ1) is 15.6. The van der Waals surface area contributed by atoms with Gasteiger partial charge in [-0.2, -0.15) is 0 Å². The van der Waals surface area contributed by atoms with Gasteiger partial charge in [-0.15, -0.1) is 0 Å². The van der Waals surface area contributed by atoms with E-state index in [0.29, 0.717) is 23.6 Å². The second-order valence-corrected chi connectivity index (χ2v) is 3.79. The van der Waals surface area contributed by atoms with Gasteiger partial charge in [-0.05, 0) is 19.1 Å². The zero-order chi connectivity index (χ0) is 15.0. The molecule has 0 spiro atoms. The molecule has 6 heteroatoms. The van der Waals surface area contributed by atoms with Crippen molar-refractivity contribution < 1.29 is 24.2 Å². The predicted octanol–water partition coefficient (Wildman–Crippen LogP) is 1.31. The lowest BCUT2D eigenvalue weighted by Gasteiger charge is -2.13. The molecular weight excluding hydrogens is 262 g/mol. The maximum atomic E-state index is 11.4. The van der Waals surface area contributed by atoms with E-state index in [2.05, 4.69) is 5.32 Å². The first-order chi connectivity index (χ1) is 9.58. The van der Waals surface area contributed by atoms with Crippen molar-refractivity contribution in [1.82, 2.24) is 5.32 Å². The molecule has 2 N–H and O–H groups in total. The third kappa shape index (κ3) is 4.64. The molecule has 0 aliphatic rings. The van der Waals surface area contributed by atoms with Crippen LogP contribution in [0, 0.1) is 0 Å². The molecule has 0 saturated heterocycles. The number of hydrogen-bond acceptors (Lipinski definition) is 4. The predicted molar refractivity (Wildman–Crippen MR) is 73.8 cm³/mol. The summed E-state index contributed by atoms with van der Waals surface area (Å²) in [5.74, 6) is -0.561. The Balaban J connectivity index is 2.95. The molecule has 1 rings (SSSR count). The molecule has 0 heterocycles. The maximum Gasteiger partial charge on any atom is 0.328 e. The number of amides is 1. The number of hydrogen-bond donors (Lipinski definition) is 2. The van der Waals surface area contributed by atoms with Gasteiger partial charge in [-0.1, -0.05) is 12.1 Å². The monoisotopic (exact) mass is 279 g/mol. The van der Waals surface area contributed by atoms with Crippen LogP contribution in [0.2, 0.25) is 0 Å². The summed E-state index contributed by atoms with van der Waals surface area (Å²) in [6.45, 7) is 2.16. The van der Waals surface area contributed by atoms with Crippen molar-refractivity contribution in [1.29, 1.82) is 0 Å². The standard InChI is InChI=1S/C14H17NO5/c1-3-15-12(16)9-20-14-10(7-8-13(17)18)5-4-6-11(14)19-2/h4-8H,3,9H2,1-2H3,(H,15,16)(H,17,18)/b8-7+. The summed E-state index contributed by atoms with van der Waals surface area (Å²) in [6.07, 6.45) is 2.38. The van der Waals surface area contributed by atoms with E-state index in [-0.39, 0.29) is 12.5 Å². The molecule has 20 heavy (non-hydrogen) atoms. The van der Waals surface area contributed by atoms with Crippen molar-refractivity contribution in [3.05, 3.63) is 29.8 Å². The van der Waals surface area contributed by atoms with Crippen LogP contribution in [0.1, 0.15) is 12.5 Å². The molecular formula is C14H17NO5. The molecule has 6 nitrogen and oxygen atoms in total. The quantitative estimate of drug-likeness (QED) is 0.735. The topological polar surface area (TPSA) is 84.9 Å². The first-order valence-corrected chi connectivity index (χ1v) is 6.06. The number of rotatable bonds is 7. The number of carboxylic acid groups (broad SMARTS) is 1. The Bertz CT molecular complexity index is 510.